The number of benzene rings is 1. The molecule has 6 amide bonds. The topological polar surface area (TPSA) is 553 Å². The van der Waals surface area contributed by atoms with E-state index in [1.807, 2.05) is 27.7 Å². The first-order valence-corrected chi connectivity index (χ1v) is 35.3. The zero-order valence-electron chi connectivity index (χ0n) is 58.3. The second-order valence-corrected chi connectivity index (χ2v) is 27.2. The summed E-state index contributed by atoms with van der Waals surface area (Å²) in [4.78, 5) is 175. The molecule has 0 saturated carbocycles. The highest BCUT2D eigenvalue weighted by molar-refractivity contribution is 7.98. The fourth-order valence-corrected chi connectivity index (χ4v) is 11.5. The Labute approximate surface area is 580 Å². The molecule has 0 spiro atoms. The highest BCUT2D eigenvalue weighted by Crippen LogP contribution is 2.25. The SMILES string of the molecule is CSCC[C@H](NC(=O)[C@H](CO)CC(=O)[C@H](CCCN=C(N)N)NC(=O)[C@@H](CC(=O)[C@@H](C)CCCCN)CC(C)C)C(=O)C[C@H](C(=O)N[C@@H](CC(=O)O)C(=O)C[C@@H](CCCCN)C(=O)N[C@@H](Cc1ccc(O)cc1)C(=O)C[C@@H](CCCN=C(N)N)C(=O)N[C@@H](CC(C)C)C(N)=O)[C@@H](C)O. The zero-order chi connectivity index (χ0) is 74.2. The number of aromatic hydroxyl groups is 1. The Balaban J connectivity index is 3.64. The van der Waals surface area contributed by atoms with Crippen LogP contribution in [0.25, 0.3) is 0 Å². The number of Topliss-reactive ketones (excluding diaryl/α,β-unsaturated/α-hetero) is 5. The van der Waals surface area contributed by atoms with Crippen LogP contribution in [-0.4, -0.2) is 184 Å². The van der Waals surface area contributed by atoms with Gasteiger partial charge in [-0.1, -0.05) is 59.6 Å². The molecule has 30 nitrogen and oxygen atoms in total. The Morgan fingerprint density at radius 2 is 0.908 bits per heavy atom. The number of aliphatic hydroxyl groups excluding tert-OH is 2. The molecule has 0 heterocycles. The van der Waals surface area contributed by atoms with Gasteiger partial charge in [0.05, 0.1) is 55.1 Å². The van der Waals surface area contributed by atoms with Crippen molar-refractivity contribution in [2.75, 3.05) is 44.8 Å². The molecule has 12 atom stereocenters. The minimum absolute atomic E-state index is 0.00380. The average Bonchev–Trinajstić information content (AvgIpc) is 0.880. The first kappa shape index (κ1) is 88.4. The van der Waals surface area contributed by atoms with Crippen LogP contribution in [0.3, 0.4) is 0 Å². The molecule has 0 aliphatic rings. The number of phenolic OH excluding ortho intramolecular Hbond substituents is 1. The summed E-state index contributed by atoms with van der Waals surface area (Å²) < 4.78 is 0. The smallest absolute Gasteiger partial charge is 0.305 e. The van der Waals surface area contributed by atoms with Crippen LogP contribution in [0.5, 0.6) is 5.75 Å². The molecule has 31 heteroatoms. The molecular weight excluding hydrogens is 1290 g/mol. The van der Waals surface area contributed by atoms with E-state index in [0.29, 0.717) is 31.4 Å². The standard InChI is InChI=1S/C67H114N14O16S/c1-38(2)28-45(33-54(85)40(5)14-8-10-23-68)63(95)77-49(17-13-26-76-67(73)74)55(86)34-46(37-82)64(96)78-50(22-27-98-7)58(89)35-48(41(6)83)65(97)80-52(36-59(90)91)57(88)31-43(15-9-11-24-69)61(93)79-51(30-42-18-20-47(84)21-19-42)56(87)32-44(16-12-25-75-66(71)72)62(94)81-53(60(70)92)29-39(3)4/h18-21,38-41,43-46,48-53,82-84H,8-17,22-37,68-69H2,1-7H3,(H2,70,92)(H,77,95)(H,78,96)(H,79,93)(H,80,97)(H,81,94)(H,90,91)(H4,71,72,75)(H4,73,74,76)/t40-,41+,43+,44+,45+,46-,48-,49-,50-,51-,52-,53-/m0/s1. The largest absolute Gasteiger partial charge is 0.508 e. The quantitative estimate of drug-likeness (QED) is 0.0239. The number of nitrogens with one attached hydrogen (secondary N) is 5. The van der Waals surface area contributed by atoms with Crippen molar-refractivity contribution < 1.29 is 78.0 Å². The van der Waals surface area contributed by atoms with Crippen molar-refractivity contribution in [2.24, 2.45) is 97.5 Å². The van der Waals surface area contributed by atoms with Gasteiger partial charge in [-0.3, -0.25) is 67.5 Å². The Bertz CT molecular complexity index is 2780. The van der Waals surface area contributed by atoms with Gasteiger partial charge >= 0.3 is 5.97 Å². The number of hydrogen-bond donors (Lipinski definition) is 16. The summed E-state index contributed by atoms with van der Waals surface area (Å²) in [6.07, 6.45) is -0.174. The summed E-state index contributed by atoms with van der Waals surface area (Å²) in [6, 6.07) is -1.20. The zero-order valence-corrected chi connectivity index (χ0v) is 59.1. The molecule has 0 fully saturated rings. The number of carboxylic acid groups (broad SMARTS) is 1. The van der Waals surface area contributed by atoms with Gasteiger partial charge in [-0.05, 0) is 139 Å². The number of ketones is 5. The van der Waals surface area contributed by atoms with Crippen molar-refractivity contribution >= 4 is 94.0 Å². The van der Waals surface area contributed by atoms with Crippen LogP contribution in [0.1, 0.15) is 169 Å². The number of hydrogen-bond acceptors (Lipinski definition) is 20. The van der Waals surface area contributed by atoms with E-state index in [1.165, 1.54) is 43.0 Å². The van der Waals surface area contributed by atoms with Crippen LogP contribution < -0.4 is 66.7 Å². The van der Waals surface area contributed by atoms with E-state index in [1.54, 1.807) is 13.2 Å². The van der Waals surface area contributed by atoms with Crippen molar-refractivity contribution in [3.63, 3.8) is 0 Å². The molecule has 554 valence electrons. The molecule has 1 aromatic carbocycles. The van der Waals surface area contributed by atoms with Crippen LogP contribution >= 0.6 is 11.8 Å². The van der Waals surface area contributed by atoms with Crippen molar-refractivity contribution in [1.29, 1.82) is 0 Å². The number of carboxylic acids is 1. The second kappa shape index (κ2) is 48.2. The summed E-state index contributed by atoms with van der Waals surface area (Å²) in [7, 11) is 0. The number of unbranched alkanes of at least 4 members (excludes halogenated alkanes) is 2. The Kier molecular flexibility index (Phi) is 43.5. The number of rotatable bonds is 55. The molecule has 0 unspecified atom stereocenters. The maximum Gasteiger partial charge on any atom is 0.305 e. The number of thioether (sulfide) groups is 1. The number of carbonyl (C=O) groups excluding carboxylic acids is 11. The monoisotopic (exact) mass is 1400 g/mol. The molecule has 1 aromatic rings. The Hall–Kier alpha value is -7.61. The van der Waals surface area contributed by atoms with Crippen LogP contribution in [0.15, 0.2) is 34.3 Å². The molecule has 0 aliphatic carbocycles. The third-order valence-corrected chi connectivity index (χ3v) is 17.4. The lowest BCUT2D eigenvalue weighted by Crippen LogP contribution is -2.51. The highest BCUT2D eigenvalue weighted by Gasteiger charge is 2.38. The van der Waals surface area contributed by atoms with Gasteiger partial charge in [0.15, 0.2) is 35.1 Å². The Morgan fingerprint density at radius 3 is 1.40 bits per heavy atom. The molecule has 0 bridgehead atoms. The van der Waals surface area contributed by atoms with Gasteiger partial charge in [-0.15, -0.1) is 0 Å². The molecule has 98 heavy (non-hydrogen) atoms. The van der Waals surface area contributed by atoms with E-state index in [4.69, 9.17) is 40.1 Å². The summed E-state index contributed by atoms with van der Waals surface area (Å²) in [5.41, 5.74) is 39.6. The fraction of sp³-hybridized carbons (Fsp3) is 0.701. The predicted molar refractivity (Wildman–Crippen MR) is 374 cm³/mol. The molecule has 0 aliphatic heterocycles. The van der Waals surface area contributed by atoms with Gasteiger partial charge < -0.3 is 87.1 Å². The molecule has 1 rings (SSSR count). The van der Waals surface area contributed by atoms with Crippen molar-refractivity contribution in [3.05, 3.63) is 29.8 Å². The molecule has 0 aromatic heterocycles. The molecule has 0 saturated heterocycles. The Morgan fingerprint density at radius 1 is 0.480 bits per heavy atom. The van der Waals surface area contributed by atoms with Crippen LogP contribution in [0, 0.1) is 47.3 Å². The summed E-state index contributed by atoms with van der Waals surface area (Å²) in [5.74, 6) is -16.7. The minimum atomic E-state index is -1.85. The lowest BCUT2D eigenvalue weighted by molar-refractivity contribution is -0.142. The van der Waals surface area contributed by atoms with Gasteiger partial charge in [0.25, 0.3) is 0 Å². The number of phenols is 1. The maximum absolute atomic E-state index is 14.6. The van der Waals surface area contributed by atoms with Crippen LogP contribution in [-0.2, 0) is 64.0 Å². The second-order valence-electron chi connectivity index (χ2n) is 26.3. The van der Waals surface area contributed by atoms with Gasteiger partial charge in [-0.25, -0.2) is 0 Å². The first-order valence-electron chi connectivity index (χ1n) is 33.9. The number of nitrogens with two attached hydrogens (primary N) is 7. The predicted octanol–water partition coefficient (Wildman–Crippen LogP) is 0.415. The van der Waals surface area contributed by atoms with E-state index < -0.39 is 169 Å². The average molecular weight is 1400 g/mol. The number of aliphatic carboxylic acids is 1. The summed E-state index contributed by atoms with van der Waals surface area (Å²) in [6.45, 7) is 10.3. The molecular formula is C67H114N14O16S. The number of carbonyl (C=O) groups is 12. The first-order chi connectivity index (χ1) is 46.2. The summed E-state index contributed by atoms with van der Waals surface area (Å²) in [5, 5.41) is 54.9. The minimum Gasteiger partial charge on any atom is -0.508 e. The van der Waals surface area contributed by atoms with E-state index in [0.717, 1.165) is 12.8 Å². The third kappa shape index (κ3) is 36.3. The third-order valence-electron chi connectivity index (χ3n) is 16.7. The van der Waals surface area contributed by atoms with Crippen molar-refractivity contribution in [1.82, 2.24) is 26.6 Å². The lowest BCUT2D eigenvalue weighted by atomic mass is 9.86. The normalized spacial score (nSPS) is 15.0. The van der Waals surface area contributed by atoms with Crippen molar-refractivity contribution in [2.45, 2.75) is 206 Å². The summed E-state index contributed by atoms with van der Waals surface area (Å²) >= 11 is 1.30. The molecule has 0 radical (unpaired) electrons. The van der Waals surface area contributed by atoms with E-state index in [2.05, 4.69) is 36.6 Å². The number of primary amides is 1. The van der Waals surface area contributed by atoms with E-state index in [-0.39, 0.29) is 131 Å². The molecule has 23 N–H and O–H groups in total. The maximum atomic E-state index is 14.6. The number of nitrogens with zero attached hydrogens (tertiary/aromatic N) is 2. The van der Waals surface area contributed by atoms with Gasteiger partial charge in [0.1, 0.15) is 17.6 Å². The van der Waals surface area contributed by atoms with E-state index in [9.17, 15) is 78.0 Å². The highest BCUT2D eigenvalue weighted by atomic mass is 32.2. The van der Waals surface area contributed by atoms with Gasteiger partial charge in [-0.2, -0.15) is 11.8 Å². The van der Waals surface area contributed by atoms with Gasteiger partial charge in [0, 0.05) is 68.9 Å². The number of amides is 6. The van der Waals surface area contributed by atoms with E-state index >= 15 is 0 Å². The van der Waals surface area contributed by atoms with Crippen LogP contribution in [0.2, 0.25) is 0 Å². The van der Waals surface area contributed by atoms with Gasteiger partial charge in [0.2, 0.25) is 35.4 Å². The van der Waals surface area contributed by atoms with Crippen LogP contribution in [0.4, 0.5) is 0 Å². The fourth-order valence-electron chi connectivity index (χ4n) is 11.1. The number of aliphatic hydroxyl groups is 2. The number of aliphatic imine (C=N–C) groups is 2. The lowest BCUT2D eigenvalue weighted by Gasteiger charge is -2.27. The van der Waals surface area contributed by atoms with Crippen molar-refractivity contribution in [3.8, 4) is 5.75 Å². The number of guanidine groups is 2.